The van der Waals surface area contributed by atoms with Gasteiger partial charge in [-0.05, 0) is 52.9 Å². The van der Waals surface area contributed by atoms with E-state index in [0.717, 1.165) is 12.8 Å². The van der Waals surface area contributed by atoms with Crippen molar-refractivity contribution in [2.75, 3.05) is 0 Å². The third-order valence-electron chi connectivity index (χ3n) is 4.86. The average molecular weight is 321 g/mol. The molecule has 0 aromatic heterocycles. The maximum atomic E-state index is 6.79. The van der Waals surface area contributed by atoms with E-state index in [1.807, 2.05) is 0 Å². The molecule has 0 aliphatic carbocycles. The summed E-state index contributed by atoms with van der Waals surface area (Å²) in [6.07, 6.45) is 2.17. The molecule has 0 aliphatic rings. The molecular weight excluding hydrogens is 284 g/mol. The minimum Gasteiger partial charge on any atom is -0.415 e. The van der Waals surface area contributed by atoms with Gasteiger partial charge in [0.05, 0.1) is 14.0 Å². The molecule has 0 bridgehead atoms. The van der Waals surface area contributed by atoms with Gasteiger partial charge in [-0.3, -0.25) is 0 Å². The van der Waals surface area contributed by atoms with Gasteiger partial charge >= 0.3 is 0 Å². The van der Waals surface area contributed by atoms with Crippen LogP contribution in [0.15, 0.2) is 0 Å². The van der Waals surface area contributed by atoms with E-state index in [0.29, 0.717) is 0 Å². The molecule has 5 heteroatoms. The first-order valence-electron chi connectivity index (χ1n) is 7.82. The Morgan fingerprint density at radius 3 is 1.68 bits per heavy atom. The summed E-state index contributed by atoms with van der Waals surface area (Å²) in [5.74, 6) is 0. The summed E-state index contributed by atoms with van der Waals surface area (Å²) < 4.78 is 13.2. The van der Waals surface area contributed by atoms with Crippen molar-refractivity contribution >= 4 is 26.2 Å². The Kier molecular flexibility index (Phi) is 7.23. The van der Waals surface area contributed by atoms with Gasteiger partial charge in [-0.15, -0.1) is 0 Å². The first-order chi connectivity index (χ1) is 8.44. The molecule has 0 spiro atoms. The van der Waals surface area contributed by atoms with E-state index in [4.69, 9.17) is 8.85 Å². The number of rotatable bonds is 8. The number of hydrogen-bond acceptors (Lipinski definition) is 2. The lowest BCUT2D eigenvalue weighted by Gasteiger charge is -2.49. The van der Waals surface area contributed by atoms with Crippen LogP contribution in [0.2, 0.25) is 39.3 Å². The molecule has 2 nitrogen and oxygen atoms in total. The van der Waals surface area contributed by atoms with Crippen molar-refractivity contribution in [2.24, 2.45) is 0 Å². The van der Waals surface area contributed by atoms with Crippen molar-refractivity contribution in [3.8, 4) is 0 Å². The van der Waals surface area contributed by atoms with Crippen molar-refractivity contribution in [3.63, 3.8) is 0 Å². The molecule has 116 valence electrons. The second-order valence-electron chi connectivity index (χ2n) is 7.18. The Morgan fingerprint density at radius 2 is 1.42 bits per heavy atom. The molecule has 0 aliphatic heterocycles. The van der Waals surface area contributed by atoms with E-state index < -0.39 is 26.2 Å². The van der Waals surface area contributed by atoms with E-state index >= 15 is 0 Å². The molecule has 19 heavy (non-hydrogen) atoms. The van der Waals surface area contributed by atoms with Gasteiger partial charge in [-0.1, -0.05) is 26.9 Å². The zero-order chi connectivity index (χ0) is 15.5. The lowest BCUT2D eigenvalue weighted by molar-refractivity contribution is 0.0830. The molecule has 0 heterocycles. The SMILES string of the molecule is CCC(C)(O[Si](C)(C)C(C)(CC)O[SiH](C)C)[SiH](C)C. The fraction of sp³-hybridized carbons (Fsp3) is 1.00. The van der Waals surface area contributed by atoms with Gasteiger partial charge in [0.15, 0.2) is 9.04 Å². The Morgan fingerprint density at radius 1 is 0.947 bits per heavy atom. The molecule has 2 atom stereocenters. The summed E-state index contributed by atoms with van der Waals surface area (Å²) in [6.45, 7) is 23.1. The van der Waals surface area contributed by atoms with Crippen LogP contribution < -0.4 is 0 Å². The van der Waals surface area contributed by atoms with Crippen LogP contribution in [0, 0.1) is 0 Å². The Hall–Kier alpha value is 0.571. The van der Waals surface area contributed by atoms with E-state index in [2.05, 4.69) is 67.0 Å². The zero-order valence-corrected chi connectivity index (χ0v) is 18.2. The van der Waals surface area contributed by atoms with Gasteiger partial charge in [0.1, 0.15) is 0 Å². The summed E-state index contributed by atoms with van der Waals surface area (Å²) in [6, 6.07) is 0. The van der Waals surface area contributed by atoms with E-state index in [9.17, 15) is 0 Å². The van der Waals surface area contributed by atoms with Gasteiger partial charge in [-0.25, -0.2) is 0 Å². The largest absolute Gasteiger partial charge is 0.415 e. The summed E-state index contributed by atoms with van der Waals surface area (Å²) >= 11 is 0. The average Bonchev–Trinajstić information content (AvgIpc) is 2.26. The van der Waals surface area contributed by atoms with Crippen LogP contribution in [0.1, 0.15) is 40.5 Å². The molecule has 0 N–H and O–H groups in total. The topological polar surface area (TPSA) is 18.5 Å². The van der Waals surface area contributed by atoms with Gasteiger partial charge < -0.3 is 8.85 Å². The monoisotopic (exact) mass is 320 g/mol. The zero-order valence-electron chi connectivity index (χ0n) is 14.9. The van der Waals surface area contributed by atoms with Crippen molar-refractivity contribution < 1.29 is 8.85 Å². The quantitative estimate of drug-likeness (QED) is 0.627. The van der Waals surface area contributed by atoms with E-state index in [1.165, 1.54) is 0 Å². The fourth-order valence-corrected chi connectivity index (χ4v) is 10.5. The maximum Gasteiger partial charge on any atom is 0.216 e. The summed E-state index contributed by atoms with van der Waals surface area (Å²) in [4.78, 5) is 0. The minimum absolute atomic E-state index is 0.0485. The molecule has 0 fully saturated rings. The Balaban J connectivity index is 5.22. The molecule has 0 aromatic rings. The highest BCUT2D eigenvalue weighted by atomic mass is 28.4. The molecule has 2 unspecified atom stereocenters. The molecule has 0 rings (SSSR count). The Bertz CT molecular complexity index is 282. The molecule has 0 aromatic carbocycles. The van der Waals surface area contributed by atoms with Gasteiger partial charge in [-0.2, -0.15) is 0 Å². The second-order valence-corrected chi connectivity index (χ2v) is 17.3. The second kappa shape index (κ2) is 7.02. The summed E-state index contributed by atoms with van der Waals surface area (Å²) in [7, 11) is -3.79. The third-order valence-corrected chi connectivity index (χ3v) is 13.3. The highest BCUT2D eigenvalue weighted by Crippen LogP contribution is 2.35. The first-order valence-corrected chi connectivity index (χ1v) is 16.4. The van der Waals surface area contributed by atoms with Crippen LogP contribution in [-0.2, 0) is 8.85 Å². The van der Waals surface area contributed by atoms with E-state index in [1.54, 1.807) is 0 Å². The lowest BCUT2D eigenvalue weighted by Crippen LogP contribution is -2.62. The Labute approximate surface area is 125 Å². The predicted octanol–water partition coefficient (Wildman–Crippen LogP) is 4.11. The molecule has 0 saturated heterocycles. The highest BCUT2D eigenvalue weighted by molar-refractivity contribution is 6.76. The standard InChI is InChI=1S/C14H36O2Si3/c1-11-13(3,17(5)6)16-19(9,10)14(4,12-2)15-18(7)8/h17-18H,11-12H2,1-10H3. The van der Waals surface area contributed by atoms with Crippen molar-refractivity contribution in [1.29, 1.82) is 0 Å². The van der Waals surface area contributed by atoms with Gasteiger partial charge in [0, 0.05) is 5.22 Å². The molecular formula is C14H36O2Si3. The van der Waals surface area contributed by atoms with Crippen LogP contribution in [0.4, 0.5) is 0 Å². The minimum atomic E-state index is -1.89. The normalized spacial score (nSPS) is 19.6. The summed E-state index contributed by atoms with van der Waals surface area (Å²) in [5, 5.41) is 0.0567. The first kappa shape index (κ1) is 19.6. The van der Waals surface area contributed by atoms with Crippen molar-refractivity contribution in [1.82, 2.24) is 0 Å². The maximum absolute atomic E-state index is 6.79. The van der Waals surface area contributed by atoms with Crippen LogP contribution in [0.25, 0.3) is 0 Å². The highest BCUT2D eigenvalue weighted by Gasteiger charge is 2.49. The van der Waals surface area contributed by atoms with E-state index in [-0.39, 0.29) is 10.4 Å². The van der Waals surface area contributed by atoms with Crippen molar-refractivity contribution in [2.45, 2.75) is 90.3 Å². The lowest BCUT2D eigenvalue weighted by atomic mass is 10.3. The van der Waals surface area contributed by atoms with Crippen molar-refractivity contribution in [3.05, 3.63) is 0 Å². The van der Waals surface area contributed by atoms with Crippen LogP contribution in [0.3, 0.4) is 0 Å². The molecule has 0 saturated carbocycles. The predicted molar refractivity (Wildman–Crippen MR) is 94.8 cm³/mol. The fourth-order valence-electron chi connectivity index (χ4n) is 2.46. The van der Waals surface area contributed by atoms with Gasteiger partial charge in [0.25, 0.3) is 0 Å². The number of hydrogen-bond donors (Lipinski definition) is 0. The molecule has 0 amide bonds. The molecule has 0 radical (unpaired) electrons. The van der Waals surface area contributed by atoms with Crippen LogP contribution >= 0.6 is 0 Å². The smallest absolute Gasteiger partial charge is 0.216 e. The van der Waals surface area contributed by atoms with Gasteiger partial charge in [0.2, 0.25) is 8.32 Å². The summed E-state index contributed by atoms with van der Waals surface area (Å²) in [5.41, 5.74) is 0. The van der Waals surface area contributed by atoms with Crippen LogP contribution in [0.5, 0.6) is 0 Å². The third kappa shape index (κ3) is 4.81. The van der Waals surface area contributed by atoms with Crippen LogP contribution in [-0.4, -0.2) is 36.6 Å².